The summed E-state index contributed by atoms with van der Waals surface area (Å²) in [4.78, 5) is 12.7. The molecule has 0 saturated carbocycles. The summed E-state index contributed by atoms with van der Waals surface area (Å²) in [5.74, 6) is -0.182. The van der Waals surface area contributed by atoms with Crippen molar-refractivity contribution in [2.24, 2.45) is 0 Å². The van der Waals surface area contributed by atoms with Crippen molar-refractivity contribution in [1.82, 2.24) is 0 Å². The highest BCUT2D eigenvalue weighted by molar-refractivity contribution is 7.98. The Bertz CT molecular complexity index is 449. The molecule has 0 aliphatic heterocycles. The van der Waals surface area contributed by atoms with E-state index in [1.165, 1.54) is 0 Å². The van der Waals surface area contributed by atoms with Gasteiger partial charge in [0, 0.05) is 10.5 Å². The van der Waals surface area contributed by atoms with E-state index in [0.29, 0.717) is 5.56 Å². The zero-order valence-corrected chi connectivity index (χ0v) is 10.5. The Balaban J connectivity index is 0.000000606. The summed E-state index contributed by atoms with van der Waals surface area (Å²) in [6.45, 7) is 4.00. The first-order valence-electron chi connectivity index (χ1n) is 5.22. The van der Waals surface area contributed by atoms with Gasteiger partial charge in [0.2, 0.25) is 5.78 Å². The summed E-state index contributed by atoms with van der Waals surface area (Å²) in [6.07, 6.45) is 5.38. The molecule has 0 unspecified atom stereocenters. The quantitative estimate of drug-likeness (QED) is 0.752. The Kier molecular flexibility index (Phi) is 4.50. The molecule has 0 amide bonds. The zero-order chi connectivity index (χ0) is 12.1. The van der Waals surface area contributed by atoms with Crippen molar-refractivity contribution in [3.8, 4) is 0 Å². The predicted octanol–water partition coefficient (Wildman–Crippen LogP) is 3.66. The summed E-state index contributed by atoms with van der Waals surface area (Å²) < 4.78 is 0. The number of hydrogen-bond acceptors (Lipinski definition) is 3. The van der Waals surface area contributed by atoms with E-state index in [4.69, 9.17) is 5.41 Å². The fraction of sp³-hybridized carbons (Fsp3) is 0.231. The highest BCUT2D eigenvalue weighted by Gasteiger charge is 2.19. The molecule has 0 atom stereocenters. The number of carbonyl (C=O) groups excluding carboxylic acids is 1. The first kappa shape index (κ1) is 12.7. The molecule has 0 saturated heterocycles. The highest BCUT2D eigenvalue weighted by atomic mass is 32.2. The number of Topliss-reactive ketones (excluding diaryl/α,β-unsaturated/α-hetero) is 1. The van der Waals surface area contributed by atoms with Gasteiger partial charge in [-0.05, 0) is 24.0 Å². The number of rotatable bonds is 1. The Labute approximate surface area is 100 Å². The molecule has 0 bridgehead atoms. The van der Waals surface area contributed by atoms with Crippen LogP contribution in [0.1, 0.15) is 29.8 Å². The van der Waals surface area contributed by atoms with Gasteiger partial charge >= 0.3 is 0 Å². The molecule has 16 heavy (non-hydrogen) atoms. The van der Waals surface area contributed by atoms with Crippen molar-refractivity contribution in [1.29, 1.82) is 5.41 Å². The highest BCUT2D eigenvalue weighted by Crippen LogP contribution is 2.27. The van der Waals surface area contributed by atoms with E-state index in [2.05, 4.69) is 0 Å². The van der Waals surface area contributed by atoms with Gasteiger partial charge in [-0.25, -0.2) is 0 Å². The van der Waals surface area contributed by atoms with Gasteiger partial charge in [-0.15, -0.1) is 11.8 Å². The zero-order valence-electron chi connectivity index (χ0n) is 9.70. The number of fused-ring (bicyclic) bond motifs is 1. The van der Waals surface area contributed by atoms with Gasteiger partial charge < -0.3 is 0 Å². The van der Waals surface area contributed by atoms with Gasteiger partial charge in [-0.1, -0.05) is 32.1 Å². The lowest BCUT2D eigenvalue weighted by Gasteiger charge is -2.12. The molecule has 2 rings (SSSR count). The molecule has 2 nitrogen and oxygen atoms in total. The van der Waals surface area contributed by atoms with E-state index >= 15 is 0 Å². The molecule has 1 aliphatic rings. The molecule has 3 heteroatoms. The summed E-state index contributed by atoms with van der Waals surface area (Å²) in [7, 11) is 0. The van der Waals surface area contributed by atoms with Gasteiger partial charge in [0.25, 0.3) is 0 Å². The lowest BCUT2D eigenvalue weighted by atomic mass is 9.95. The maximum Gasteiger partial charge on any atom is 0.211 e. The van der Waals surface area contributed by atoms with Crippen LogP contribution < -0.4 is 0 Å². The molecule has 0 aromatic heterocycles. The van der Waals surface area contributed by atoms with E-state index < -0.39 is 0 Å². The van der Waals surface area contributed by atoms with Gasteiger partial charge in [-0.2, -0.15) is 0 Å². The molecule has 0 fully saturated rings. The van der Waals surface area contributed by atoms with Crippen LogP contribution in [0.2, 0.25) is 0 Å². The number of thioether (sulfide) groups is 1. The van der Waals surface area contributed by atoms with Crippen LogP contribution in [0.3, 0.4) is 0 Å². The molecule has 84 valence electrons. The largest absolute Gasteiger partial charge is 0.297 e. The lowest BCUT2D eigenvalue weighted by Crippen LogP contribution is -2.15. The first-order valence-corrected chi connectivity index (χ1v) is 6.45. The van der Waals surface area contributed by atoms with E-state index in [9.17, 15) is 4.79 Å². The predicted molar refractivity (Wildman–Crippen MR) is 70.7 cm³/mol. The number of nitrogens with one attached hydrogen (secondary N) is 1. The molecule has 0 heterocycles. The minimum Gasteiger partial charge on any atom is -0.297 e. The van der Waals surface area contributed by atoms with E-state index in [1.807, 2.05) is 38.3 Å². The summed E-state index contributed by atoms with van der Waals surface area (Å²) >= 11 is 1.61. The van der Waals surface area contributed by atoms with Crippen molar-refractivity contribution in [3.63, 3.8) is 0 Å². The van der Waals surface area contributed by atoms with Gasteiger partial charge in [0.15, 0.2) is 0 Å². The van der Waals surface area contributed by atoms with Crippen LogP contribution in [-0.2, 0) is 0 Å². The minimum absolute atomic E-state index is 0.0655. The fourth-order valence-electron chi connectivity index (χ4n) is 1.48. The maximum atomic E-state index is 11.6. The molecule has 0 radical (unpaired) electrons. The molecule has 1 aliphatic carbocycles. The van der Waals surface area contributed by atoms with Crippen molar-refractivity contribution < 1.29 is 4.79 Å². The number of ketones is 1. The molecule has 0 spiro atoms. The second-order valence-electron chi connectivity index (χ2n) is 3.00. The molecular formula is C13H15NOS. The normalized spacial score (nSPS) is 12.9. The van der Waals surface area contributed by atoms with Crippen LogP contribution >= 0.6 is 11.8 Å². The average Bonchev–Trinajstić information content (AvgIpc) is 2.36. The van der Waals surface area contributed by atoms with E-state index in [1.54, 1.807) is 23.9 Å². The van der Waals surface area contributed by atoms with Gasteiger partial charge in [0.1, 0.15) is 5.71 Å². The third-order valence-electron chi connectivity index (χ3n) is 2.19. The maximum absolute atomic E-state index is 11.6. The Morgan fingerprint density at radius 2 is 1.88 bits per heavy atom. The number of carbonyl (C=O) groups is 1. The smallest absolute Gasteiger partial charge is 0.211 e. The lowest BCUT2D eigenvalue weighted by molar-refractivity contribution is 0.106. The van der Waals surface area contributed by atoms with Gasteiger partial charge in [0.05, 0.1) is 0 Å². The topological polar surface area (TPSA) is 40.9 Å². The van der Waals surface area contributed by atoms with Crippen LogP contribution in [0.25, 0.3) is 6.08 Å². The number of benzene rings is 1. The van der Waals surface area contributed by atoms with Crippen LogP contribution in [0.4, 0.5) is 0 Å². The third-order valence-corrected chi connectivity index (χ3v) is 2.99. The van der Waals surface area contributed by atoms with Crippen molar-refractivity contribution in [2.75, 3.05) is 6.26 Å². The third kappa shape index (κ3) is 2.25. The van der Waals surface area contributed by atoms with Crippen molar-refractivity contribution in [2.45, 2.75) is 18.7 Å². The molecule has 1 N–H and O–H groups in total. The van der Waals surface area contributed by atoms with Crippen molar-refractivity contribution >= 4 is 29.3 Å². The first-order chi connectivity index (χ1) is 7.74. The number of allylic oxidation sites excluding steroid dienone is 1. The monoisotopic (exact) mass is 233 g/mol. The fourth-order valence-corrected chi connectivity index (χ4v) is 2.09. The molecule has 1 aromatic carbocycles. The average molecular weight is 233 g/mol. The van der Waals surface area contributed by atoms with Crippen LogP contribution in [0.15, 0.2) is 29.2 Å². The summed E-state index contributed by atoms with van der Waals surface area (Å²) in [5, 5.41) is 7.41. The Morgan fingerprint density at radius 3 is 2.50 bits per heavy atom. The standard InChI is InChI=1S/C11H9NOS.C2H6/c1-14-10-4-2-3-8-7(10)5-6-9(12)11(8)13;1-2/h2-6,12H,1H3;1-2H3. The molecular weight excluding hydrogens is 218 g/mol. The Morgan fingerprint density at radius 1 is 1.19 bits per heavy atom. The summed E-state index contributed by atoms with van der Waals surface area (Å²) in [5.41, 5.74) is 1.65. The minimum atomic E-state index is -0.182. The SMILES string of the molecule is CC.CSc1cccc2c1C=CC(=N)C2=O. The van der Waals surface area contributed by atoms with Crippen molar-refractivity contribution in [3.05, 3.63) is 35.4 Å². The van der Waals surface area contributed by atoms with Crippen LogP contribution in [0.5, 0.6) is 0 Å². The van der Waals surface area contributed by atoms with E-state index in [-0.39, 0.29) is 11.5 Å². The second-order valence-corrected chi connectivity index (χ2v) is 3.85. The van der Waals surface area contributed by atoms with E-state index in [0.717, 1.165) is 10.5 Å². The molecule has 1 aromatic rings. The van der Waals surface area contributed by atoms with Gasteiger partial charge in [-0.3, -0.25) is 10.2 Å². The summed E-state index contributed by atoms with van der Waals surface area (Å²) in [6, 6.07) is 5.61. The van der Waals surface area contributed by atoms with Crippen LogP contribution in [0, 0.1) is 5.41 Å². The van der Waals surface area contributed by atoms with Crippen LogP contribution in [-0.4, -0.2) is 17.8 Å². The number of hydrogen-bond donors (Lipinski definition) is 1. The Hall–Kier alpha value is -1.35. The second kappa shape index (κ2) is 5.66.